The number of nitrogens with zero attached hydrogens (tertiary/aromatic N) is 2. The van der Waals surface area contributed by atoms with Crippen LogP contribution in [0.25, 0.3) is 32.8 Å². The number of ether oxygens (including phenoxy) is 1. The maximum absolute atomic E-state index is 12.0. The van der Waals surface area contributed by atoms with E-state index in [1.807, 2.05) is 60.7 Å². The Morgan fingerprint density at radius 2 is 1.41 bits per heavy atom. The molecule has 0 aliphatic heterocycles. The molecule has 0 atom stereocenters. The highest BCUT2D eigenvalue weighted by Crippen LogP contribution is 2.35. The lowest BCUT2D eigenvalue weighted by Crippen LogP contribution is -2.33. The molecule has 5 rings (SSSR count). The van der Waals surface area contributed by atoms with Gasteiger partial charge in [0, 0.05) is 11.6 Å². The zero-order chi connectivity index (χ0) is 21.8. The molecule has 1 amide bonds. The van der Waals surface area contributed by atoms with Gasteiger partial charge in [-0.1, -0.05) is 66.7 Å². The minimum Gasteiger partial charge on any atom is -0.466 e. The molecular formula is C26H20N4O2. The molecule has 0 spiro atoms. The van der Waals surface area contributed by atoms with Crippen LogP contribution in [0, 0.1) is 0 Å². The highest BCUT2D eigenvalue weighted by Gasteiger charge is 2.12. The van der Waals surface area contributed by atoms with Gasteiger partial charge in [0.2, 0.25) is 5.88 Å². The van der Waals surface area contributed by atoms with Gasteiger partial charge >= 0.3 is 0 Å². The zero-order valence-electron chi connectivity index (χ0n) is 17.2. The van der Waals surface area contributed by atoms with Crippen molar-refractivity contribution in [2.75, 3.05) is 12.0 Å². The van der Waals surface area contributed by atoms with E-state index in [-0.39, 0.29) is 18.4 Å². The van der Waals surface area contributed by atoms with Crippen molar-refractivity contribution in [1.82, 2.24) is 15.6 Å². The summed E-state index contributed by atoms with van der Waals surface area (Å²) in [5, 5.41) is 13.1. The Balaban J connectivity index is 1.34. The minimum absolute atomic E-state index is 0.176. The molecule has 6 nitrogen and oxygen atoms in total. The molecule has 0 saturated carbocycles. The number of benzene rings is 4. The van der Waals surface area contributed by atoms with E-state index in [1.54, 1.807) is 6.07 Å². The van der Waals surface area contributed by atoms with Gasteiger partial charge in [-0.2, -0.15) is 0 Å². The molecule has 1 heterocycles. The Morgan fingerprint density at radius 3 is 2.06 bits per heavy atom. The standard InChI is InChI=1S/C26H20N4O2/c31-24(29-27-20-10-2-1-3-11-20)17-32-25-15-14-23(28-30-25)26-21-12-6-4-8-18(21)16-19-9-5-7-13-22(19)26/h1-16,27H,17H2,(H,29,31). The average molecular weight is 420 g/mol. The highest BCUT2D eigenvalue weighted by atomic mass is 16.5. The maximum Gasteiger partial charge on any atom is 0.276 e. The fourth-order valence-corrected chi connectivity index (χ4v) is 3.66. The van der Waals surface area contributed by atoms with Crippen LogP contribution in [0.5, 0.6) is 5.88 Å². The molecule has 0 aliphatic rings. The molecule has 0 radical (unpaired) electrons. The van der Waals surface area contributed by atoms with Gasteiger partial charge in [-0.05, 0) is 45.8 Å². The summed E-state index contributed by atoms with van der Waals surface area (Å²) < 4.78 is 5.50. The number of fused-ring (bicyclic) bond motifs is 2. The van der Waals surface area contributed by atoms with Gasteiger partial charge in [0.1, 0.15) is 0 Å². The van der Waals surface area contributed by atoms with Gasteiger partial charge in [0.05, 0.1) is 11.4 Å². The van der Waals surface area contributed by atoms with Crippen LogP contribution in [0.2, 0.25) is 0 Å². The highest BCUT2D eigenvalue weighted by molar-refractivity contribution is 6.11. The first-order valence-electron chi connectivity index (χ1n) is 10.3. The predicted molar refractivity (Wildman–Crippen MR) is 126 cm³/mol. The van der Waals surface area contributed by atoms with Gasteiger partial charge in [0.15, 0.2) is 6.61 Å². The van der Waals surface area contributed by atoms with Crippen molar-refractivity contribution < 1.29 is 9.53 Å². The summed E-state index contributed by atoms with van der Waals surface area (Å²) in [7, 11) is 0. The van der Waals surface area contributed by atoms with Crippen LogP contribution in [0.3, 0.4) is 0 Å². The maximum atomic E-state index is 12.0. The number of nitrogens with one attached hydrogen (secondary N) is 2. The number of hydrogen-bond donors (Lipinski definition) is 2. The summed E-state index contributed by atoms with van der Waals surface area (Å²) in [6.45, 7) is -0.176. The van der Waals surface area contributed by atoms with E-state index >= 15 is 0 Å². The van der Waals surface area contributed by atoms with Crippen LogP contribution in [0.4, 0.5) is 5.69 Å². The van der Waals surface area contributed by atoms with E-state index in [4.69, 9.17) is 4.74 Å². The Hall–Kier alpha value is -4.45. The predicted octanol–water partition coefficient (Wildman–Crippen LogP) is 4.97. The van der Waals surface area contributed by atoms with Crippen molar-refractivity contribution in [3.63, 3.8) is 0 Å². The number of amides is 1. The van der Waals surface area contributed by atoms with Crippen molar-refractivity contribution in [2.24, 2.45) is 0 Å². The number of carbonyl (C=O) groups excluding carboxylic acids is 1. The van der Waals surface area contributed by atoms with E-state index in [1.165, 1.54) is 0 Å². The molecule has 5 aromatic rings. The molecule has 4 aromatic carbocycles. The average Bonchev–Trinajstić information content (AvgIpc) is 2.86. The van der Waals surface area contributed by atoms with Crippen LogP contribution >= 0.6 is 0 Å². The SMILES string of the molecule is O=C(COc1ccc(-c2c3ccccc3cc3ccccc23)nn1)NNc1ccccc1. The van der Waals surface area contributed by atoms with Crippen molar-refractivity contribution in [1.29, 1.82) is 0 Å². The molecule has 2 N–H and O–H groups in total. The molecule has 0 fully saturated rings. The third-order valence-corrected chi connectivity index (χ3v) is 5.14. The zero-order valence-corrected chi connectivity index (χ0v) is 17.2. The molecular weight excluding hydrogens is 400 g/mol. The molecule has 32 heavy (non-hydrogen) atoms. The first-order valence-corrected chi connectivity index (χ1v) is 10.3. The number of hydrogen-bond acceptors (Lipinski definition) is 5. The van der Waals surface area contributed by atoms with Crippen LogP contribution < -0.4 is 15.6 Å². The van der Waals surface area contributed by atoms with Crippen molar-refractivity contribution in [2.45, 2.75) is 0 Å². The summed E-state index contributed by atoms with van der Waals surface area (Å²) >= 11 is 0. The number of carbonyl (C=O) groups is 1. The van der Waals surface area contributed by atoms with Gasteiger partial charge in [-0.15, -0.1) is 10.2 Å². The van der Waals surface area contributed by atoms with E-state index in [0.717, 1.165) is 38.5 Å². The third kappa shape index (κ3) is 4.06. The van der Waals surface area contributed by atoms with Crippen molar-refractivity contribution in [3.8, 4) is 17.1 Å². The summed E-state index contributed by atoms with van der Waals surface area (Å²) in [4.78, 5) is 12.0. The second-order valence-electron chi connectivity index (χ2n) is 7.28. The molecule has 0 unspecified atom stereocenters. The van der Waals surface area contributed by atoms with E-state index < -0.39 is 0 Å². The second kappa shape index (κ2) is 8.73. The topological polar surface area (TPSA) is 76.1 Å². The Kier molecular flexibility index (Phi) is 5.32. The fraction of sp³-hybridized carbons (Fsp3) is 0.0385. The first kappa shape index (κ1) is 19.5. The fourth-order valence-electron chi connectivity index (χ4n) is 3.66. The lowest BCUT2D eigenvalue weighted by atomic mass is 9.95. The van der Waals surface area contributed by atoms with Gasteiger partial charge in [0.25, 0.3) is 5.91 Å². The number of aromatic nitrogens is 2. The lowest BCUT2D eigenvalue weighted by molar-refractivity contribution is -0.122. The Labute approximate surface area is 184 Å². The number of anilines is 1. The number of hydrazine groups is 1. The summed E-state index contributed by atoms with van der Waals surface area (Å²) in [6, 6.07) is 31.6. The molecule has 0 saturated heterocycles. The molecule has 6 heteroatoms. The molecule has 0 bridgehead atoms. The quantitative estimate of drug-likeness (QED) is 0.300. The van der Waals surface area contributed by atoms with Gasteiger partial charge < -0.3 is 4.74 Å². The number of para-hydroxylation sites is 1. The van der Waals surface area contributed by atoms with E-state index in [9.17, 15) is 4.79 Å². The van der Waals surface area contributed by atoms with Crippen LogP contribution in [0.1, 0.15) is 0 Å². The van der Waals surface area contributed by atoms with Crippen LogP contribution in [-0.4, -0.2) is 22.7 Å². The van der Waals surface area contributed by atoms with Crippen molar-refractivity contribution >= 4 is 33.1 Å². The normalized spacial score (nSPS) is 10.8. The number of rotatable bonds is 6. The summed E-state index contributed by atoms with van der Waals surface area (Å²) in [5.74, 6) is -0.0343. The largest absolute Gasteiger partial charge is 0.466 e. The second-order valence-corrected chi connectivity index (χ2v) is 7.28. The Morgan fingerprint density at radius 1 is 0.750 bits per heavy atom. The van der Waals surface area contributed by atoms with E-state index in [0.29, 0.717) is 0 Å². The van der Waals surface area contributed by atoms with Gasteiger partial charge in [-0.3, -0.25) is 15.6 Å². The lowest BCUT2D eigenvalue weighted by Gasteiger charge is -2.11. The van der Waals surface area contributed by atoms with Crippen LogP contribution in [0.15, 0.2) is 97.1 Å². The molecule has 156 valence electrons. The van der Waals surface area contributed by atoms with E-state index in [2.05, 4.69) is 51.4 Å². The Bertz CT molecular complexity index is 1330. The minimum atomic E-state index is -0.320. The first-order chi connectivity index (χ1) is 15.8. The molecule has 0 aliphatic carbocycles. The van der Waals surface area contributed by atoms with Crippen molar-refractivity contribution in [3.05, 3.63) is 97.1 Å². The summed E-state index contributed by atoms with van der Waals surface area (Å²) in [6.07, 6.45) is 0. The summed E-state index contributed by atoms with van der Waals surface area (Å²) in [5.41, 5.74) is 7.98. The van der Waals surface area contributed by atoms with Crippen LogP contribution in [-0.2, 0) is 4.79 Å². The third-order valence-electron chi connectivity index (χ3n) is 5.14. The smallest absolute Gasteiger partial charge is 0.276 e. The monoisotopic (exact) mass is 420 g/mol. The molecule has 1 aromatic heterocycles. The van der Waals surface area contributed by atoms with Gasteiger partial charge in [-0.25, -0.2) is 0 Å².